The van der Waals surface area contributed by atoms with Crippen molar-refractivity contribution in [2.75, 3.05) is 13.1 Å². The fourth-order valence-corrected chi connectivity index (χ4v) is 1.98. The van der Waals surface area contributed by atoms with Gasteiger partial charge in [0.1, 0.15) is 0 Å². The average Bonchev–Trinajstić information content (AvgIpc) is 2.91. The SMILES string of the molecule is CC(C)(C)Cc1nc(-c2cccc(C(=O)NCCN)c2)no1. The van der Waals surface area contributed by atoms with Crippen LogP contribution in [0.5, 0.6) is 0 Å². The smallest absolute Gasteiger partial charge is 0.251 e. The van der Waals surface area contributed by atoms with Crippen molar-refractivity contribution in [2.24, 2.45) is 11.1 Å². The molecule has 3 N–H and O–H groups in total. The molecule has 0 aliphatic heterocycles. The monoisotopic (exact) mass is 302 g/mol. The lowest BCUT2D eigenvalue weighted by molar-refractivity contribution is 0.0955. The summed E-state index contributed by atoms with van der Waals surface area (Å²) in [5, 5.41) is 6.73. The highest BCUT2D eigenvalue weighted by Crippen LogP contribution is 2.22. The summed E-state index contributed by atoms with van der Waals surface area (Å²) in [5.41, 5.74) is 6.76. The summed E-state index contributed by atoms with van der Waals surface area (Å²) < 4.78 is 5.28. The number of benzene rings is 1. The van der Waals surface area contributed by atoms with E-state index in [1.165, 1.54) is 0 Å². The van der Waals surface area contributed by atoms with Gasteiger partial charge in [-0.3, -0.25) is 4.79 Å². The standard InChI is InChI=1S/C16H22N4O2/c1-16(2,3)10-13-19-14(20-22-13)11-5-4-6-12(9-11)15(21)18-8-7-17/h4-6,9H,7-8,10,17H2,1-3H3,(H,18,21). The Bertz CT molecular complexity index is 644. The normalized spacial score (nSPS) is 11.5. The molecule has 1 amide bonds. The van der Waals surface area contributed by atoms with E-state index in [4.69, 9.17) is 10.3 Å². The van der Waals surface area contributed by atoms with Crippen molar-refractivity contribution >= 4 is 5.91 Å². The molecular formula is C16H22N4O2. The molecule has 1 aromatic carbocycles. The van der Waals surface area contributed by atoms with Crippen molar-refractivity contribution in [1.82, 2.24) is 15.5 Å². The van der Waals surface area contributed by atoms with Crippen LogP contribution in [0.4, 0.5) is 0 Å². The Morgan fingerprint density at radius 3 is 2.82 bits per heavy atom. The van der Waals surface area contributed by atoms with Gasteiger partial charge < -0.3 is 15.6 Å². The van der Waals surface area contributed by atoms with Gasteiger partial charge in [0.05, 0.1) is 0 Å². The maximum Gasteiger partial charge on any atom is 0.251 e. The lowest BCUT2D eigenvalue weighted by Gasteiger charge is -2.13. The predicted octanol–water partition coefficient (Wildman–Crippen LogP) is 2.01. The first-order chi connectivity index (χ1) is 10.4. The van der Waals surface area contributed by atoms with E-state index < -0.39 is 0 Å². The fourth-order valence-electron chi connectivity index (χ4n) is 1.98. The summed E-state index contributed by atoms with van der Waals surface area (Å²) in [4.78, 5) is 16.3. The van der Waals surface area contributed by atoms with E-state index in [-0.39, 0.29) is 11.3 Å². The van der Waals surface area contributed by atoms with Crippen LogP contribution in [0.2, 0.25) is 0 Å². The third kappa shape index (κ3) is 4.39. The second-order valence-corrected chi connectivity index (χ2v) is 6.37. The molecule has 0 aliphatic rings. The molecule has 0 fully saturated rings. The Balaban J connectivity index is 2.17. The number of hydrogen-bond donors (Lipinski definition) is 2. The molecule has 0 atom stereocenters. The Morgan fingerprint density at radius 2 is 2.14 bits per heavy atom. The molecular weight excluding hydrogens is 280 g/mol. The van der Waals surface area contributed by atoms with Crippen LogP contribution in [-0.2, 0) is 6.42 Å². The molecule has 22 heavy (non-hydrogen) atoms. The Morgan fingerprint density at radius 1 is 1.36 bits per heavy atom. The van der Waals surface area contributed by atoms with Crippen molar-refractivity contribution in [2.45, 2.75) is 27.2 Å². The van der Waals surface area contributed by atoms with Crippen molar-refractivity contribution in [3.05, 3.63) is 35.7 Å². The first-order valence-electron chi connectivity index (χ1n) is 7.30. The van der Waals surface area contributed by atoms with Gasteiger partial charge in [0, 0.05) is 30.6 Å². The van der Waals surface area contributed by atoms with Crippen LogP contribution in [0.3, 0.4) is 0 Å². The van der Waals surface area contributed by atoms with E-state index in [1.54, 1.807) is 18.2 Å². The van der Waals surface area contributed by atoms with Crippen LogP contribution in [-0.4, -0.2) is 29.1 Å². The highest BCUT2D eigenvalue weighted by Gasteiger charge is 2.17. The van der Waals surface area contributed by atoms with Gasteiger partial charge in [-0.25, -0.2) is 0 Å². The number of amides is 1. The van der Waals surface area contributed by atoms with E-state index in [0.717, 1.165) is 5.56 Å². The summed E-state index contributed by atoms with van der Waals surface area (Å²) in [5.74, 6) is 0.930. The van der Waals surface area contributed by atoms with Gasteiger partial charge in [0.15, 0.2) is 0 Å². The summed E-state index contributed by atoms with van der Waals surface area (Å²) >= 11 is 0. The molecule has 1 heterocycles. The van der Waals surface area contributed by atoms with E-state index in [9.17, 15) is 4.79 Å². The Labute approximate surface area is 130 Å². The number of hydrogen-bond acceptors (Lipinski definition) is 5. The van der Waals surface area contributed by atoms with Crippen molar-refractivity contribution in [3.8, 4) is 11.4 Å². The largest absolute Gasteiger partial charge is 0.351 e. The first-order valence-corrected chi connectivity index (χ1v) is 7.30. The van der Waals surface area contributed by atoms with Crippen LogP contribution in [0.25, 0.3) is 11.4 Å². The molecule has 6 heteroatoms. The molecule has 6 nitrogen and oxygen atoms in total. The highest BCUT2D eigenvalue weighted by atomic mass is 16.5. The molecule has 2 rings (SSSR count). The Kier molecular flexibility index (Phi) is 4.92. The predicted molar refractivity (Wildman–Crippen MR) is 84.3 cm³/mol. The summed E-state index contributed by atoms with van der Waals surface area (Å²) in [6.45, 7) is 7.19. The third-order valence-electron chi connectivity index (χ3n) is 2.96. The maximum atomic E-state index is 11.9. The maximum absolute atomic E-state index is 11.9. The molecule has 118 valence electrons. The molecule has 2 aromatic rings. The van der Waals surface area contributed by atoms with Crippen LogP contribution in [0.1, 0.15) is 37.0 Å². The zero-order valence-corrected chi connectivity index (χ0v) is 13.2. The number of aromatic nitrogens is 2. The van der Waals surface area contributed by atoms with Gasteiger partial charge in [-0.1, -0.05) is 38.1 Å². The Hall–Kier alpha value is -2.21. The quantitative estimate of drug-likeness (QED) is 0.881. The van der Waals surface area contributed by atoms with Gasteiger partial charge in [0.2, 0.25) is 11.7 Å². The molecule has 0 spiro atoms. The van der Waals surface area contributed by atoms with E-state index in [2.05, 4.69) is 36.2 Å². The highest BCUT2D eigenvalue weighted by molar-refractivity contribution is 5.95. The number of nitrogens with zero attached hydrogens (tertiary/aromatic N) is 2. The van der Waals surface area contributed by atoms with Crippen LogP contribution in [0, 0.1) is 5.41 Å². The van der Waals surface area contributed by atoms with Gasteiger partial charge in [0.25, 0.3) is 5.91 Å². The van der Waals surface area contributed by atoms with Gasteiger partial charge in [-0.2, -0.15) is 4.98 Å². The summed E-state index contributed by atoms with van der Waals surface area (Å²) in [7, 11) is 0. The second kappa shape index (κ2) is 6.70. The lowest BCUT2D eigenvalue weighted by Crippen LogP contribution is -2.28. The van der Waals surface area contributed by atoms with Crippen molar-refractivity contribution < 1.29 is 9.32 Å². The molecule has 0 unspecified atom stereocenters. The number of nitrogens with two attached hydrogens (primary N) is 1. The van der Waals surface area contributed by atoms with Crippen LogP contribution >= 0.6 is 0 Å². The minimum absolute atomic E-state index is 0.0771. The van der Waals surface area contributed by atoms with Crippen molar-refractivity contribution in [3.63, 3.8) is 0 Å². The van der Waals surface area contributed by atoms with Crippen LogP contribution in [0.15, 0.2) is 28.8 Å². The molecule has 0 saturated heterocycles. The van der Waals surface area contributed by atoms with E-state index >= 15 is 0 Å². The van der Waals surface area contributed by atoms with Gasteiger partial charge >= 0.3 is 0 Å². The molecule has 1 aromatic heterocycles. The zero-order chi connectivity index (χ0) is 16.2. The molecule has 0 saturated carbocycles. The average molecular weight is 302 g/mol. The second-order valence-electron chi connectivity index (χ2n) is 6.37. The zero-order valence-electron chi connectivity index (χ0n) is 13.2. The fraction of sp³-hybridized carbons (Fsp3) is 0.438. The van der Waals surface area contributed by atoms with E-state index in [0.29, 0.717) is 36.8 Å². The number of nitrogens with one attached hydrogen (secondary N) is 1. The lowest BCUT2D eigenvalue weighted by atomic mass is 9.92. The van der Waals surface area contributed by atoms with Gasteiger partial charge in [-0.05, 0) is 17.5 Å². The summed E-state index contributed by atoms with van der Waals surface area (Å²) in [6.07, 6.45) is 0.705. The molecule has 0 radical (unpaired) electrons. The van der Waals surface area contributed by atoms with Gasteiger partial charge in [-0.15, -0.1) is 0 Å². The first kappa shape index (κ1) is 16.2. The van der Waals surface area contributed by atoms with Crippen LogP contribution < -0.4 is 11.1 Å². The minimum Gasteiger partial charge on any atom is -0.351 e. The molecule has 0 bridgehead atoms. The van der Waals surface area contributed by atoms with E-state index in [1.807, 2.05) is 6.07 Å². The molecule has 0 aliphatic carbocycles. The number of carbonyl (C=O) groups excluding carboxylic acids is 1. The minimum atomic E-state index is -0.161. The number of carbonyl (C=O) groups is 1. The van der Waals surface area contributed by atoms with Crippen molar-refractivity contribution in [1.29, 1.82) is 0 Å². The third-order valence-corrected chi connectivity index (χ3v) is 2.96. The number of rotatable bonds is 5. The topological polar surface area (TPSA) is 94.0 Å². The summed E-state index contributed by atoms with van der Waals surface area (Å²) in [6, 6.07) is 7.14.